The lowest BCUT2D eigenvalue weighted by Crippen LogP contribution is -2.36. The first-order valence-electron chi connectivity index (χ1n) is 9.34. The van der Waals surface area contributed by atoms with Gasteiger partial charge < -0.3 is 10.2 Å². The first-order valence-corrected chi connectivity index (χ1v) is 9.34. The molecule has 0 spiro atoms. The van der Waals surface area contributed by atoms with E-state index in [1.807, 2.05) is 0 Å². The van der Waals surface area contributed by atoms with E-state index in [1.165, 1.54) is 16.7 Å². The van der Waals surface area contributed by atoms with Crippen LogP contribution in [0.5, 0.6) is 0 Å². The molecule has 3 aliphatic carbocycles. The van der Waals surface area contributed by atoms with Gasteiger partial charge in [0, 0.05) is 5.92 Å². The molecule has 0 aromatic rings. The molecule has 0 unspecified atom stereocenters. The summed E-state index contributed by atoms with van der Waals surface area (Å²) < 4.78 is 0. The maximum atomic E-state index is 12.1. The number of Topliss-reactive ketones (excluding diaryl/α,β-unsaturated/α-hetero) is 1. The van der Waals surface area contributed by atoms with Crippen LogP contribution in [0.2, 0.25) is 0 Å². The summed E-state index contributed by atoms with van der Waals surface area (Å²) in [5, 5.41) is 19.2. The summed E-state index contributed by atoms with van der Waals surface area (Å²) in [6, 6.07) is 0. The molecule has 3 heteroatoms. The molecule has 24 heavy (non-hydrogen) atoms. The lowest BCUT2D eigenvalue weighted by molar-refractivity contribution is -0.129. The number of carbonyl (C=O) groups excluding carboxylic acids is 1. The van der Waals surface area contributed by atoms with Gasteiger partial charge in [-0.2, -0.15) is 0 Å². The van der Waals surface area contributed by atoms with Gasteiger partial charge in [-0.1, -0.05) is 30.7 Å². The fourth-order valence-corrected chi connectivity index (χ4v) is 5.13. The SMILES string of the molecule is CC1=C(C=CC2=CCC[C@]3(C)[C@@H](C(=O)CO)CC[C@@H]23)C[C@@H](O)CC1. The third-order valence-corrected chi connectivity index (χ3v) is 6.68. The lowest BCUT2D eigenvalue weighted by Gasteiger charge is -2.39. The fraction of sp³-hybridized carbons (Fsp3) is 0.667. The summed E-state index contributed by atoms with van der Waals surface area (Å²) in [5.41, 5.74) is 3.99. The van der Waals surface area contributed by atoms with Gasteiger partial charge in [0.1, 0.15) is 6.61 Å². The van der Waals surface area contributed by atoms with Crippen molar-refractivity contribution in [2.45, 2.75) is 64.9 Å². The van der Waals surface area contributed by atoms with Crippen LogP contribution < -0.4 is 0 Å². The molecule has 1 fully saturated rings. The van der Waals surface area contributed by atoms with Gasteiger partial charge in [-0.25, -0.2) is 0 Å². The van der Waals surface area contributed by atoms with Crippen LogP contribution in [0.1, 0.15) is 58.8 Å². The quantitative estimate of drug-likeness (QED) is 0.826. The van der Waals surface area contributed by atoms with Crippen LogP contribution in [0.15, 0.2) is 34.9 Å². The number of aliphatic hydroxyl groups is 2. The van der Waals surface area contributed by atoms with Gasteiger partial charge in [0.05, 0.1) is 6.10 Å². The van der Waals surface area contributed by atoms with Crippen molar-refractivity contribution in [2.75, 3.05) is 6.61 Å². The normalized spacial score (nSPS) is 36.8. The van der Waals surface area contributed by atoms with Crippen molar-refractivity contribution in [3.63, 3.8) is 0 Å². The molecule has 2 N–H and O–H groups in total. The molecule has 3 aliphatic rings. The summed E-state index contributed by atoms with van der Waals surface area (Å²) in [7, 11) is 0. The van der Waals surface area contributed by atoms with Crippen molar-refractivity contribution in [3.8, 4) is 0 Å². The first-order chi connectivity index (χ1) is 11.5. The van der Waals surface area contributed by atoms with E-state index in [0.29, 0.717) is 5.92 Å². The van der Waals surface area contributed by atoms with Gasteiger partial charge in [0.25, 0.3) is 0 Å². The van der Waals surface area contributed by atoms with E-state index in [1.54, 1.807) is 0 Å². The molecule has 0 amide bonds. The maximum absolute atomic E-state index is 12.1. The molecule has 4 atom stereocenters. The average Bonchev–Trinajstić information content (AvgIpc) is 2.92. The number of allylic oxidation sites excluding steroid dienone is 5. The van der Waals surface area contributed by atoms with Crippen molar-refractivity contribution >= 4 is 5.78 Å². The minimum Gasteiger partial charge on any atom is -0.393 e. The standard InChI is InChI=1S/C21H30O3/c1-14-5-8-17(23)12-16(14)7-6-15-4-3-11-21(2)18(15)9-10-19(21)20(24)13-22/h4,6-7,17-19,22-23H,3,5,8-13H2,1-2H3/t17-,18-,19+,21-/m0/s1. The van der Waals surface area contributed by atoms with E-state index < -0.39 is 0 Å². The van der Waals surface area contributed by atoms with E-state index in [2.05, 4.69) is 32.1 Å². The molecule has 132 valence electrons. The van der Waals surface area contributed by atoms with Gasteiger partial charge >= 0.3 is 0 Å². The largest absolute Gasteiger partial charge is 0.393 e. The summed E-state index contributed by atoms with van der Waals surface area (Å²) in [4.78, 5) is 12.1. The second-order valence-electron chi connectivity index (χ2n) is 8.09. The number of rotatable bonds is 4. The van der Waals surface area contributed by atoms with E-state index >= 15 is 0 Å². The Bertz CT molecular complexity index is 598. The highest BCUT2D eigenvalue weighted by Crippen LogP contribution is 2.56. The molecule has 0 bridgehead atoms. The number of hydrogen-bond donors (Lipinski definition) is 2. The van der Waals surface area contributed by atoms with Crippen molar-refractivity contribution < 1.29 is 15.0 Å². The second-order valence-corrected chi connectivity index (χ2v) is 8.09. The zero-order valence-electron chi connectivity index (χ0n) is 14.9. The first kappa shape index (κ1) is 17.6. The summed E-state index contributed by atoms with van der Waals surface area (Å²) in [6.07, 6.45) is 13.1. The third-order valence-electron chi connectivity index (χ3n) is 6.68. The van der Waals surface area contributed by atoms with E-state index in [-0.39, 0.29) is 29.8 Å². The summed E-state index contributed by atoms with van der Waals surface area (Å²) in [6.45, 7) is 4.07. The van der Waals surface area contributed by atoms with E-state index in [4.69, 9.17) is 0 Å². The monoisotopic (exact) mass is 330 g/mol. The smallest absolute Gasteiger partial charge is 0.161 e. The van der Waals surface area contributed by atoms with Gasteiger partial charge in [0.2, 0.25) is 0 Å². The number of hydrogen-bond acceptors (Lipinski definition) is 3. The minimum absolute atomic E-state index is 0.00190. The van der Waals surface area contributed by atoms with Crippen molar-refractivity contribution in [1.82, 2.24) is 0 Å². The zero-order valence-corrected chi connectivity index (χ0v) is 14.9. The van der Waals surface area contributed by atoms with Crippen LogP contribution in [0.3, 0.4) is 0 Å². The molecule has 0 heterocycles. The molecule has 0 aliphatic heterocycles. The van der Waals surface area contributed by atoms with Crippen LogP contribution in [-0.4, -0.2) is 28.7 Å². The minimum atomic E-state index is -0.328. The molecule has 0 saturated heterocycles. The second kappa shape index (κ2) is 6.97. The van der Waals surface area contributed by atoms with Crippen LogP contribution in [0.25, 0.3) is 0 Å². The zero-order chi connectivity index (χ0) is 17.3. The fourth-order valence-electron chi connectivity index (χ4n) is 5.13. The molecule has 0 aromatic heterocycles. The molecular weight excluding hydrogens is 300 g/mol. The lowest BCUT2D eigenvalue weighted by atomic mass is 9.64. The van der Waals surface area contributed by atoms with Gasteiger partial charge in [0.15, 0.2) is 5.78 Å². The molecule has 0 radical (unpaired) electrons. The third kappa shape index (κ3) is 3.16. The average molecular weight is 330 g/mol. The van der Waals surface area contributed by atoms with Crippen LogP contribution in [0, 0.1) is 17.3 Å². The van der Waals surface area contributed by atoms with E-state index in [9.17, 15) is 15.0 Å². The predicted molar refractivity (Wildman–Crippen MR) is 95.4 cm³/mol. The number of aliphatic hydroxyl groups excluding tert-OH is 2. The highest BCUT2D eigenvalue weighted by Gasteiger charge is 2.50. The molecular formula is C21H30O3. The van der Waals surface area contributed by atoms with Gasteiger partial charge in [-0.15, -0.1) is 0 Å². The van der Waals surface area contributed by atoms with Crippen molar-refractivity contribution in [2.24, 2.45) is 17.3 Å². The highest BCUT2D eigenvalue weighted by atomic mass is 16.3. The number of carbonyl (C=O) groups is 1. The summed E-state index contributed by atoms with van der Waals surface area (Å²) >= 11 is 0. The Morgan fingerprint density at radius 1 is 1.33 bits per heavy atom. The van der Waals surface area contributed by atoms with Gasteiger partial charge in [-0.3, -0.25) is 4.79 Å². The van der Waals surface area contributed by atoms with E-state index in [0.717, 1.165) is 44.9 Å². The highest BCUT2D eigenvalue weighted by molar-refractivity contribution is 5.83. The Kier molecular flexibility index (Phi) is 5.12. The number of ketones is 1. The molecule has 0 aromatic carbocycles. The predicted octanol–water partition coefficient (Wildman–Crippen LogP) is 3.72. The topological polar surface area (TPSA) is 57.5 Å². The summed E-state index contributed by atoms with van der Waals surface area (Å²) in [5.74, 6) is 0.429. The Labute approximate surface area is 145 Å². The molecule has 3 rings (SSSR count). The Hall–Kier alpha value is -1.19. The van der Waals surface area contributed by atoms with Crippen molar-refractivity contribution in [1.29, 1.82) is 0 Å². The van der Waals surface area contributed by atoms with Crippen LogP contribution in [0.4, 0.5) is 0 Å². The Morgan fingerprint density at radius 2 is 2.12 bits per heavy atom. The van der Waals surface area contributed by atoms with Crippen LogP contribution in [-0.2, 0) is 4.79 Å². The molecule has 1 saturated carbocycles. The number of fused-ring (bicyclic) bond motifs is 1. The van der Waals surface area contributed by atoms with Gasteiger partial charge in [-0.05, 0) is 74.3 Å². The van der Waals surface area contributed by atoms with Crippen LogP contribution >= 0.6 is 0 Å². The van der Waals surface area contributed by atoms with Crippen molar-refractivity contribution in [3.05, 3.63) is 34.9 Å². The Morgan fingerprint density at radius 3 is 2.88 bits per heavy atom. The Balaban J connectivity index is 1.79. The maximum Gasteiger partial charge on any atom is 0.161 e. The molecule has 3 nitrogen and oxygen atoms in total.